The van der Waals surface area contributed by atoms with E-state index in [1.165, 1.54) is 5.56 Å². The van der Waals surface area contributed by atoms with E-state index in [9.17, 15) is 4.79 Å². The van der Waals surface area contributed by atoms with Crippen LogP contribution in [0, 0.1) is 0 Å². The first-order valence-electron chi connectivity index (χ1n) is 9.74. The van der Waals surface area contributed by atoms with Crippen molar-refractivity contribution in [2.45, 2.75) is 32.6 Å². The van der Waals surface area contributed by atoms with E-state index in [0.29, 0.717) is 24.7 Å². The Hall–Kier alpha value is -2.31. The number of carbonyl (C=O) groups is 1. The van der Waals surface area contributed by atoms with Gasteiger partial charge in [0.15, 0.2) is 0 Å². The molecule has 0 fully saturated rings. The third-order valence-electron chi connectivity index (χ3n) is 4.44. The Labute approximate surface area is 170 Å². The van der Waals surface area contributed by atoms with E-state index in [-0.39, 0.29) is 5.91 Å². The molecule has 1 amide bonds. The molecule has 148 valence electrons. The minimum absolute atomic E-state index is 0.143. The number of nitrogens with zero attached hydrogens (tertiary/aromatic N) is 2. The number of nitrogens with one attached hydrogen (secondary N) is 1. The Morgan fingerprint density at radius 2 is 1.93 bits per heavy atom. The molecular weight excluding hydrogens is 370 g/mol. The highest BCUT2D eigenvalue weighted by molar-refractivity contribution is 7.98. The Kier molecular flexibility index (Phi) is 7.51. The average molecular weight is 398 g/mol. The van der Waals surface area contributed by atoms with Crippen molar-refractivity contribution in [3.05, 3.63) is 59.7 Å². The molecule has 0 unspecified atom stereocenters. The molecule has 0 aliphatic carbocycles. The van der Waals surface area contributed by atoms with Gasteiger partial charge in [-0.25, -0.2) is 4.98 Å². The molecule has 0 radical (unpaired) electrons. The summed E-state index contributed by atoms with van der Waals surface area (Å²) < 4.78 is 7.50. The van der Waals surface area contributed by atoms with Crippen molar-refractivity contribution in [3.63, 3.8) is 0 Å². The average Bonchev–Trinajstić information content (AvgIpc) is 3.07. The summed E-state index contributed by atoms with van der Waals surface area (Å²) in [6.07, 6.45) is 0.862. The normalized spacial score (nSPS) is 11.1. The maximum absolute atomic E-state index is 12.8. The molecule has 0 spiro atoms. The second-order valence-electron chi connectivity index (χ2n) is 6.41. The molecule has 0 saturated heterocycles. The Morgan fingerprint density at radius 3 is 2.68 bits per heavy atom. The van der Waals surface area contributed by atoms with Crippen molar-refractivity contribution in [1.82, 2.24) is 9.55 Å². The summed E-state index contributed by atoms with van der Waals surface area (Å²) in [5.41, 5.74) is 3.76. The Morgan fingerprint density at radius 1 is 1.14 bits per heavy atom. The van der Waals surface area contributed by atoms with E-state index in [4.69, 9.17) is 4.74 Å². The maximum Gasteiger partial charge on any atom is 0.257 e. The lowest BCUT2D eigenvalue weighted by Gasteiger charge is -2.10. The van der Waals surface area contributed by atoms with Crippen LogP contribution in [0.1, 0.15) is 36.2 Å². The molecule has 5 nitrogen and oxygen atoms in total. The highest BCUT2D eigenvalue weighted by atomic mass is 32.2. The van der Waals surface area contributed by atoms with Crippen molar-refractivity contribution in [1.29, 1.82) is 0 Å². The number of benzene rings is 2. The Bertz CT molecular complexity index is 906. The van der Waals surface area contributed by atoms with E-state index >= 15 is 0 Å². The zero-order valence-electron chi connectivity index (χ0n) is 16.5. The van der Waals surface area contributed by atoms with E-state index in [0.717, 1.165) is 35.5 Å². The molecule has 1 aromatic heterocycles. The highest BCUT2D eigenvalue weighted by Crippen LogP contribution is 2.21. The smallest absolute Gasteiger partial charge is 0.257 e. The molecule has 3 rings (SSSR count). The van der Waals surface area contributed by atoms with Crippen LogP contribution in [-0.2, 0) is 17.0 Å². The van der Waals surface area contributed by atoms with Crippen LogP contribution in [0.15, 0.2) is 48.5 Å². The first-order chi connectivity index (χ1) is 13.7. The van der Waals surface area contributed by atoms with E-state index in [2.05, 4.69) is 21.8 Å². The fourth-order valence-electron chi connectivity index (χ4n) is 3.01. The van der Waals surface area contributed by atoms with Crippen molar-refractivity contribution >= 4 is 34.7 Å². The second kappa shape index (κ2) is 10.3. The van der Waals surface area contributed by atoms with Crippen LogP contribution in [0.4, 0.5) is 5.95 Å². The van der Waals surface area contributed by atoms with Gasteiger partial charge in [0.2, 0.25) is 5.95 Å². The molecule has 1 N–H and O–H groups in total. The van der Waals surface area contributed by atoms with Crippen molar-refractivity contribution in [2.75, 3.05) is 24.3 Å². The lowest BCUT2D eigenvalue weighted by atomic mass is 10.1. The number of rotatable bonds is 10. The summed E-state index contributed by atoms with van der Waals surface area (Å²) in [7, 11) is 0. The predicted octanol–water partition coefficient (Wildman–Crippen LogP) is 4.97. The number of amides is 1. The number of anilines is 1. The van der Waals surface area contributed by atoms with Gasteiger partial charge in [0.1, 0.15) is 0 Å². The lowest BCUT2D eigenvalue weighted by Crippen LogP contribution is -2.16. The lowest BCUT2D eigenvalue weighted by molar-refractivity contribution is 0.102. The second-order valence-corrected chi connectivity index (χ2v) is 7.69. The summed E-state index contributed by atoms with van der Waals surface area (Å²) >= 11 is 1.87. The number of para-hydroxylation sites is 2. The number of thioether (sulfide) groups is 1. The zero-order chi connectivity index (χ0) is 19.8. The molecule has 3 aromatic rings. The van der Waals surface area contributed by atoms with Crippen LogP contribution in [0.5, 0.6) is 0 Å². The largest absolute Gasteiger partial charge is 0.382 e. The molecule has 0 atom stereocenters. The van der Waals surface area contributed by atoms with Crippen molar-refractivity contribution in [2.24, 2.45) is 0 Å². The molecule has 0 saturated carbocycles. The van der Waals surface area contributed by atoms with Gasteiger partial charge in [0, 0.05) is 31.1 Å². The van der Waals surface area contributed by atoms with Crippen molar-refractivity contribution in [3.8, 4) is 0 Å². The summed E-state index contributed by atoms with van der Waals surface area (Å²) in [6.45, 7) is 6.27. The van der Waals surface area contributed by atoms with Gasteiger partial charge in [-0.15, -0.1) is 0 Å². The topological polar surface area (TPSA) is 56.1 Å². The van der Waals surface area contributed by atoms with Gasteiger partial charge >= 0.3 is 0 Å². The first-order valence-corrected chi connectivity index (χ1v) is 10.9. The number of ether oxygens (including phenoxy) is 1. The molecule has 0 aliphatic rings. The monoisotopic (exact) mass is 397 g/mol. The van der Waals surface area contributed by atoms with E-state index in [1.807, 2.05) is 67.2 Å². The minimum Gasteiger partial charge on any atom is -0.382 e. The molecule has 6 heteroatoms. The van der Waals surface area contributed by atoms with Crippen LogP contribution >= 0.6 is 11.8 Å². The number of aryl methyl sites for hydroxylation is 1. The Balaban J connectivity index is 1.75. The van der Waals surface area contributed by atoms with Gasteiger partial charge in [-0.05, 0) is 48.9 Å². The number of aromatic nitrogens is 2. The van der Waals surface area contributed by atoms with Gasteiger partial charge < -0.3 is 9.30 Å². The summed E-state index contributed by atoms with van der Waals surface area (Å²) in [5, 5.41) is 2.99. The number of fused-ring (bicyclic) bond motifs is 1. The van der Waals surface area contributed by atoms with Gasteiger partial charge in [0.25, 0.3) is 5.91 Å². The number of imidazole rings is 1. The van der Waals surface area contributed by atoms with Crippen LogP contribution in [0.2, 0.25) is 0 Å². The molecule has 0 bridgehead atoms. The fraction of sp³-hybridized carbons (Fsp3) is 0.364. The van der Waals surface area contributed by atoms with Gasteiger partial charge in [-0.2, -0.15) is 11.8 Å². The zero-order valence-corrected chi connectivity index (χ0v) is 17.3. The third kappa shape index (κ3) is 5.14. The molecule has 28 heavy (non-hydrogen) atoms. The number of carbonyl (C=O) groups excluding carboxylic acids is 1. The minimum atomic E-state index is -0.143. The molecule has 2 aromatic carbocycles. The first kappa shape index (κ1) is 20.4. The van der Waals surface area contributed by atoms with E-state index in [1.54, 1.807) is 0 Å². The molecular formula is C22H27N3O2S. The summed E-state index contributed by atoms with van der Waals surface area (Å²) in [5.74, 6) is 2.49. The van der Waals surface area contributed by atoms with Gasteiger partial charge in [0.05, 0.1) is 11.0 Å². The number of hydrogen-bond acceptors (Lipinski definition) is 4. The number of hydrogen-bond donors (Lipinski definition) is 1. The molecule has 1 heterocycles. The summed E-state index contributed by atoms with van der Waals surface area (Å²) in [4.78, 5) is 17.4. The van der Waals surface area contributed by atoms with Crippen LogP contribution in [0.3, 0.4) is 0 Å². The van der Waals surface area contributed by atoms with Crippen molar-refractivity contribution < 1.29 is 9.53 Å². The van der Waals surface area contributed by atoms with Crippen LogP contribution in [-0.4, -0.2) is 34.4 Å². The quantitative estimate of drug-likeness (QED) is 0.491. The molecule has 0 aliphatic heterocycles. The van der Waals surface area contributed by atoms with Crippen LogP contribution < -0.4 is 5.32 Å². The van der Waals surface area contributed by atoms with Gasteiger partial charge in [-0.3, -0.25) is 10.1 Å². The predicted molar refractivity (Wildman–Crippen MR) is 117 cm³/mol. The standard InChI is InChI=1S/C22H27N3O2S/c1-3-27-15-7-14-25-20-9-6-5-8-19(20)23-22(25)24-21(26)18-12-10-17(11-13-18)16-28-4-2/h5-6,8-13H,3-4,7,14-16H2,1-2H3,(H,23,24,26). The highest BCUT2D eigenvalue weighted by Gasteiger charge is 2.14. The van der Waals surface area contributed by atoms with Crippen LogP contribution in [0.25, 0.3) is 11.0 Å². The maximum atomic E-state index is 12.8. The fourth-order valence-corrected chi connectivity index (χ4v) is 3.64. The third-order valence-corrected chi connectivity index (χ3v) is 5.39. The SMILES string of the molecule is CCOCCCn1c(NC(=O)c2ccc(CSCC)cc2)nc2ccccc21. The van der Waals surface area contributed by atoms with Gasteiger partial charge in [-0.1, -0.05) is 31.2 Å². The summed E-state index contributed by atoms with van der Waals surface area (Å²) in [6, 6.07) is 15.7. The van der Waals surface area contributed by atoms with E-state index < -0.39 is 0 Å².